The number of rotatable bonds is 3. The monoisotopic (exact) mass is 340 g/mol. The maximum atomic E-state index is 5.74. The lowest BCUT2D eigenvalue weighted by molar-refractivity contribution is 1.16. The number of benzene rings is 2. The van der Waals surface area contributed by atoms with Crippen LogP contribution >= 0.6 is 15.9 Å². The van der Waals surface area contributed by atoms with Crippen LogP contribution in [0.15, 0.2) is 65.4 Å². The van der Waals surface area contributed by atoms with Crippen molar-refractivity contribution >= 4 is 33.3 Å². The zero-order valence-electron chi connectivity index (χ0n) is 11.1. The average molecular weight is 341 g/mol. The molecular weight excluding hydrogens is 328 g/mol. The highest BCUT2D eigenvalue weighted by Crippen LogP contribution is 2.28. The Labute approximate surface area is 131 Å². The minimum Gasteiger partial charge on any atom is -0.383 e. The summed E-state index contributed by atoms with van der Waals surface area (Å²) in [5, 5.41) is 3.21. The maximum absolute atomic E-state index is 5.74. The van der Waals surface area contributed by atoms with E-state index < -0.39 is 0 Å². The lowest BCUT2D eigenvalue weighted by Crippen LogP contribution is -1.99. The summed E-state index contributed by atoms with van der Waals surface area (Å²) in [7, 11) is 0. The molecule has 0 aliphatic rings. The molecule has 104 valence electrons. The molecule has 0 bridgehead atoms. The van der Waals surface area contributed by atoms with E-state index in [-0.39, 0.29) is 0 Å². The molecule has 21 heavy (non-hydrogen) atoms. The number of hydrogen-bond acceptors (Lipinski definition) is 4. The van der Waals surface area contributed by atoms with E-state index in [4.69, 9.17) is 5.73 Å². The Morgan fingerprint density at radius 1 is 0.857 bits per heavy atom. The van der Waals surface area contributed by atoms with Crippen LogP contribution in [-0.4, -0.2) is 9.97 Å². The van der Waals surface area contributed by atoms with E-state index in [1.54, 1.807) is 0 Å². The number of nitrogen functional groups attached to an aromatic ring is 1. The van der Waals surface area contributed by atoms with Crippen molar-refractivity contribution in [2.24, 2.45) is 0 Å². The highest BCUT2D eigenvalue weighted by molar-refractivity contribution is 9.10. The molecule has 4 nitrogen and oxygen atoms in total. The first-order valence-corrected chi connectivity index (χ1v) is 7.22. The van der Waals surface area contributed by atoms with Gasteiger partial charge in [0, 0.05) is 5.69 Å². The molecule has 0 saturated carbocycles. The van der Waals surface area contributed by atoms with Crippen molar-refractivity contribution in [3.63, 3.8) is 0 Å². The van der Waals surface area contributed by atoms with Crippen LogP contribution in [0.4, 0.5) is 17.3 Å². The van der Waals surface area contributed by atoms with E-state index in [2.05, 4.69) is 55.5 Å². The standard InChI is InChI=1S/C16H13BrN4/c17-14-15(18)19-10-20-16(14)21-13-8-6-12(7-9-13)11-4-2-1-3-5-11/h1-10H,(H3,18,19,20,21). The number of nitrogens with zero attached hydrogens (tertiary/aromatic N) is 2. The van der Waals surface area contributed by atoms with Crippen molar-refractivity contribution in [1.29, 1.82) is 0 Å². The first kappa shape index (κ1) is 13.6. The van der Waals surface area contributed by atoms with Gasteiger partial charge >= 0.3 is 0 Å². The van der Waals surface area contributed by atoms with Crippen LogP contribution in [0, 0.1) is 0 Å². The van der Waals surface area contributed by atoms with Gasteiger partial charge in [-0.3, -0.25) is 0 Å². The van der Waals surface area contributed by atoms with Crippen molar-refractivity contribution in [2.45, 2.75) is 0 Å². The fraction of sp³-hybridized carbons (Fsp3) is 0. The Balaban J connectivity index is 1.83. The predicted octanol–water partition coefficient (Wildman–Crippen LogP) is 4.23. The lowest BCUT2D eigenvalue weighted by Gasteiger charge is -2.09. The second-order valence-electron chi connectivity index (χ2n) is 4.49. The number of nitrogens with two attached hydrogens (primary N) is 1. The molecule has 0 atom stereocenters. The molecule has 5 heteroatoms. The molecule has 0 aliphatic carbocycles. The van der Waals surface area contributed by atoms with Crippen molar-refractivity contribution in [1.82, 2.24) is 9.97 Å². The summed E-state index contributed by atoms with van der Waals surface area (Å²) < 4.78 is 0.664. The quantitative estimate of drug-likeness (QED) is 0.748. The zero-order valence-corrected chi connectivity index (χ0v) is 12.7. The van der Waals surface area contributed by atoms with Crippen LogP contribution in [0.2, 0.25) is 0 Å². The summed E-state index contributed by atoms with van der Waals surface area (Å²) in [5.41, 5.74) is 9.03. The van der Waals surface area contributed by atoms with Crippen molar-refractivity contribution < 1.29 is 0 Å². The minimum atomic E-state index is 0.411. The van der Waals surface area contributed by atoms with Gasteiger partial charge in [0.2, 0.25) is 0 Å². The van der Waals surface area contributed by atoms with Gasteiger partial charge in [-0.25, -0.2) is 9.97 Å². The molecule has 0 amide bonds. The van der Waals surface area contributed by atoms with Gasteiger partial charge in [-0.2, -0.15) is 0 Å². The Morgan fingerprint density at radius 3 is 2.24 bits per heavy atom. The molecule has 1 aromatic heterocycles. The van der Waals surface area contributed by atoms with Crippen LogP contribution in [0.25, 0.3) is 11.1 Å². The van der Waals surface area contributed by atoms with E-state index in [0.29, 0.717) is 16.1 Å². The van der Waals surface area contributed by atoms with Crippen molar-refractivity contribution in [2.75, 3.05) is 11.1 Å². The highest BCUT2D eigenvalue weighted by Gasteiger charge is 2.06. The molecular formula is C16H13BrN4. The topological polar surface area (TPSA) is 63.8 Å². The Morgan fingerprint density at radius 2 is 1.52 bits per heavy atom. The van der Waals surface area contributed by atoms with Gasteiger partial charge in [0.1, 0.15) is 22.4 Å². The first-order valence-electron chi connectivity index (χ1n) is 6.42. The summed E-state index contributed by atoms with van der Waals surface area (Å²) in [6.45, 7) is 0. The normalized spacial score (nSPS) is 10.3. The van der Waals surface area contributed by atoms with E-state index in [1.807, 2.05) is 30.3 Å². The van der Waals surface area contributed by atoms with Crippen LogP contribution in [0.5, 0.6) is 0 Å². The molecule has 0 aliphatic heterocycles. The molecule has 0 radical (unpaired) electrons. The van der Waals surface area contributed by atoms with E-state index in [0.717, 1.165) is 5.69 Å². The first-order chi connectivity index (χ1) is 10.2. The summed E-state index contributed by atoms with van der Waals surface area (Å²) >= 11 is 3.38. The van der Waals surface area contributed by atoms with Gasteiger partial charge in [-0.05, 0) is 39.2 Å². The molecule has 2 aromatic carbocycles. The third-order valence-corrected chi connectivity index (χ3v) is 3.85. The molecule has 0 saturated heterocycles. The van der Waals surface area contributed by atoms with Crippen LogP contribution in [-0.2, 0) is 0 Å². The zero-order chi connectivity index (χ0) is 14.7. The second kappa shape index (κ2) is 5.93. The summed E-state index contributed by atoms with van der Waals surface area (Å²) in [4.78, 5) is 8.08. The maximum Gasteiger partial charge on any atom is 0.150 e. The smallest absolute Gasteiger partial charge is 0.150 e. The molecule has 3 aromatic rings. The number of anilines is 3. The summed E-state index contributed by atoms with van der Waals surface area (Å²) in [6.07, 6.45) is 1.43. The fourth-order valence-corrected chi connectivity index (χ4v) is 2.29. The van der Waals surface area contributed by atoms with Crippen molar-refractivity contribution in [3.05, 3.63) is 65.4 Å². The number of halogens is 1. The third kappa shape index (κ3) is 3.03. The van der Waals surface area contributed by atoms with E-state index in [9.17, 15) is 0 Å². The SMILES string of the molecule is Nc1ncnc(Nc2ccc(-c3ccccc3)cc2)c1Br. The molecule has 0 spiro atoms. The summed E-state index contributed by atoms with van der Waals surface area (Å²) in [5.74, 6) is 1.06. The van der Waals surface area contributed by atoms with Gasteiger partial charge in [0.15, 0.2) is 0 Å². The molecule has 0 fully saturated rings. The van der Waals surface area contributed by atoms with E-state index >= 15 is 0 Å². The van der Waals surface area contributed by atoms with Crippen LogP contribution in [0.1, 0.15) is 0 Å². The fourth-order valence-electron chi connectivity index (χ4n) is 1.98. The Kier molecular flexibility index (Phi) is 3.83. The minimum absolute atomic E-state index is 0.411. The van der Waals surface area contributed by atoms with Gasteiger partial charge in [-0.1, -0.05) is 42.5 Å². The summed E-state index contributed by atoms with van der Waals surface area (Å²) in [6, 6.07) is 18.4. The molecule has 1 heterocycles. The molecule has 3 N–H and O–H groups in total. The third-order valence-electron chi connectivity index (χ3n) is 3.07. The van der Waals surface area contributed by atoms with Gasteiger partial charge in [0.25, 0.3) is 0 Å². The van der Waals surface area contributed by atoms with E-state index in [1.165, 1.54) is 17.5 Å². The lowest BCUT2D eigenvalue weighted by atomic mass is 10.1. The molecule has 0 unspecified atom stereocenters. The Hall–Kier alpha value is -2.40. The van der Waals surface area contributed by atoms with Gasteiger partial charge in [-0.15, -0.1) is 0 Å². The number of hydrogen-bond donors (Lipinski definition) is 2. The highest BCUT2D eigenvalue weighted by atomic mass is 79.9. The average Bonchev–Trinajstić information content (AvgIpc) is 2.53. The second-order valence-corrected chi connectivity index (χ2v) is 5.28. The predicted molar refractivity (Wildman–Crippen MR) is 89.3 cm³/mol. The number of nitrogens with one attached hydrogen (secondary N) is 1. The van der Waals surface area contributed by atoms with Crippen LogP contribution in [0.3, 0.4) is 0 Å². The van der Waals surface area contributed by atoms with Gasteiger partial charge in [0.05, 0.1) is 0 Å². The largest absolute Gasteiger partial charge is 0.383 e. The molecule has 3 rings (SSSR count). The number of aromatic nitrogens is 2. The Bertz CT molecular complexity index is 742. The van der Waals surface area contributed by atoms with Crippen LogP contribution < -0.4 is 11.1 Å². The van der Waals surface area contributed by atoms with Gasteiger partial charge < -0.3 is 11.1 Å². The van der Waals surface area contributed by atoms with Crippen molar-refractivity contribution in [3.8, 4) is 11.1 Å².